The molecule has 0 bridgehead atoms. The first-order chi connectivity index (χ1) is 6.58. The largest absolute Gasteiger partial charge is 0.346 e. The van der Waals surface area contributed by atoms with Crippen molar-refractivity contribution in [1.29, 1.82) is 5.26 Å². The van der Waals surface area contributed by atoms with Gasteiger partial charge in [-0.25, -0.2) is 0 Å². The van der Waals surface area contributed by atoms with E-state index in [1.807, 2.05) is 0 Å². The van der Waals surface area contributed by atoms with Crippen LogP contribution >= 0.6 is 0 Å². The molecule has 0 atom stereocenters. The summed E-state index contributed by atoms with van der Waals surface area (Å²) in [4.78, 5) is 0. The van der Waals surface area contributed by atoms with Crippen LogP contribution in [-0.4, -0.2) is 19.0 Å². The minimum absolute atomic E-state index is 0.369. The Bertz CT molecular complexity index is 253. The lowest BCUT2D eigenvalue weighted by Crippen LogP contribution is -2.49. The molecule has 0 aromatic carbocycles. The highest BCUT2D eigenvalue weighted by Gasteiger charge is 2.52. The summed E-state index contributed by atoms with van der Waals surface area (Å²) in [7, 11) is 0. The van der Waals surface area contributed by atoms with Gasteiger partial charge in [-0.2, -0.15) is 5.26 Å². The van der Waals surface area contributed by atoms with Crippen LogP contribution in [0, 0.1) is 22.7 Å². The molecule has 78 valence electrons. The van der Waals surface area contributed by atoms with Gasteiger partial charge in [0, 0.05) is 5.92 Å². The molecule has 2 rings (SSSR count). The summed E-state index contributed by atoms with van der Waals surface area (Å²) in [6.07, 6.45) is 2.58. The molecule has 2 aliphatic rings. The third-order valence-electron chi connectivity index (χ3n) is 3.32. The van der Waals surface area contributed by atoms with E-state index < -0.39 is 5.79 Å². The van der Waals surface area contributed by atoms with Crippen molar-refractivity contribution in [3.05, 3.63) is 0 Å². The molecule has 3 nitrogen and oxygen atoms in total. The minimum Gasteiger partial charge on any atom is -0.346 e. The summed E-state index contributed by atoms with van der Waals surface area (Å²) in [6, 6.07) is 2.18. The Morgan fingerprint density at radius 2 is 1.86 bits per heavy atom. The second-order valence-corrected chi connectivity index (χ2v) is 5.11. The van der Waals surface area contributed by atoms with E-state index in [4.69, 9.17) is 14.7 Å². The van der Waals surface area contributed by atoms with E-state index in [0.29, 0.717) is 31.0 Å². The first-order valence-electron chi connectivity index (χ1n) is 5.23. The minimum atomic E-state index is -0.565. The third-order valence-corrected chi connectivity index (χ3v) is 3.32. The molecule has 2 fully saturated rings. The lowest BCUT2D eigenvalue weighted by molar-refractivity contribution is -0.228. The maximum absolute atomic E-state index is 8.78. The van der Waals surface area contributed by atoms with Crippen LogP contribution in [0.1, 0.15) is 33.1 Å². The molecule has 0 radical (unpaired) electrons. The van der Waals surface area contributed by atoms with Gasteiger partial charge in [0.05, 0.1) is 25.7 Å². The molecule has 0 spiro atoms. The quantitative estimate of drug-likeness (QED) is 0.677. The Balaban J connectivity index is 2.03. The Hall–Kier alpha value is -0.590. The Morgan fingerprint density at radius 1 is 1.29 bits per heavy atom. The molecule has 1 aliphatic heterocycles. The van der Waals surface area contributed by atoms with Gasteiger partial charge in [-0.1, -0.05) is 13.8 Å². The van der Waals surface area contributed by atoms with E-state index in [1.54, 1.807) is 0 Å². The topological polar surface area (TPSA) is 42.2 Å². The van der Waals surface area contributed by atoms with E-state index in [0.717, 1.165) is 12.8 Å². The van der Waals surface area contributed by atoms with Gasteiger partial charge in [0.25, 0.3) is 0 Å². The molecular formula is C11H17NO2. The Kier molecular flexibility index (Phi) is 2.29. The maximum Gasteiger partial charge on any atom is 0.184 e. The van der Waals surface area contributed by atoms with Gasteiger partial charge in [0.15, 0.2) is 5.79 Å². The van der Waals surface area contributed by atoms with Gasteiger partial charge < -0.3 is 9.47 Å². The van der Waals surface area contributed by atoms with Crippen LogP contribution in [0.3, 0.4) is 0 Å². The van der Waals surface area contributed by atoms with Gasteiger partial charge in [-0.3, -0.25) is 0 Å². The fraction of sp³-hybridized carbons (Fsp3) is 0.909. The predicted molar refractivity (Wildman–Crippen MR) is 51.4 cm³/mol. The molecule has 3 heteroatoms. The fourth-order valence-corrected chi connectivity index (χ4v) is 2.65. The molecule has 14 heavy (non-hydrogen) atoms. The first-order valence-corrected chi connectivity index (χ1v) is 5.23. The monoisotopic (exact) mass is 195 g/mol. The average Bonchev–Trinajstić information content (AvgIpc) is 2.50. The molecule has 1 saturated heterocycles. The summed E-state index contributed by atoms with van der Waals surface area (Å²) in [5.74, 6) is -0.149. The zero-order valence-electron chi connectivity index (χ0n) is 8.88. The Morgan fingerprint density at radius 3 is 2.29 bits per heavy atom. The van der Waals surface area contributed by atoms with E-state index in [9.17, 15) is 0 Å². The highest BCUT2D eigenvalue weighted by molar-refractivity contribution is 5.00. The summed E-state index contributed by atoms with van der Waals surface area (Å²) in [6.45, 7) is 5.77. The second-order valence-electron chi connectivity index (χ2n) is 5.11. The summed E-state index contributed by atoms with van der Waals surface area (Å²) in [5.41, 5.74) is 0.405. The normalized spacial score (nSPS) is 29.5. The van der Waals surface area contributed by atoms with Crippen molar-refractivity contribution >= 4 is 0 Å². The van der Waals surface area contributed by atoms with Crippen molar-refractivity contribution in [2.24, 2.45) is 11.3 Å². The molecule has 0 amide bonds. The lowest BCUT2D eigenvalue weighted by Gasteiger charge is -2.49. The van der Waals surface area contributed by atoms with Crippen LogP contribution < -0.4 is 0 Å². The first kappa shape index (κ1) is 9.95. The van der Waals surface area contributed by atoms with Crippen molar-refractivity contribution < 1.29 is 9.47 Å². The summed E-state index contributed by atoms with van der Waals surface area (Å²) in [5, 5.41) is 8.78. The molecule has 0 aromatic rings. The Labute approximate surface area is 85.0 Å². The molecular weight excluding hydrogens is 178 g/mol. The van der Waals surface area contributed by atoms with E-state index >= 15 is 0 Å². The van der Waals surface area contributed by atoms with Crippen molar-refractivity contribution in [1.82, 2.24) is 0 Å². The van der Waals surface area contributed by atoms with E-state index in [1.165, 1.54) is 0 Å². The molecule has 1 heterocycles. The SMILES string of the molecule is CC1(C)CC(C2(CC#N)OCCO2)C1. The van der Waals surface area contributed by atoms with Crippen LogP contribution in [0.5, 0.6) is 0 Å². The zero-order chi connectivity index (χ0) is 10.2. The number of hydrogen-bond donors (Lipinski definition) is 0. The zero-order valence-corrected chi connectivity index (χ0v) is 8.88. The number of nitriles is 1. The van der Waals surface area contributed by atoms with E-state index in [2.05, 4.69) is 19.9 Å². The van der Waals surface area contributed by atoms with Gasteiger partial charge in [0.1, 0.15) is 0 Å². The maximum atomic E-state index is 8.78. The van der Waals surface area contributed by atoms with Gasteiger partial charge >= 0.3 is 0 Å². The van der Waals surface area contributed by atoms with Crippen LogP contribution in [0.2, 0.25) is 0 Å². The van der Waals surface area contributed by atoms with Crippen molar-refractivity contribution in [2.45, 2.75) is 38.9 Å². The van der Waals surface area contributed by atoms with Gasteiger partial charge in [0.2, 0.25) is 0 Å². The van der Waals surface area contributed by atoms with Crippen LogP contribution in [0.4, 0.5) is 0 Å². The number of nitrogens with zero attached hydrogens (tertiary/aromatic N) is 1. The highest BCUT2D eigenvalue weighted by Crippen LogP contribution is 2.52. The molecule has 0 aromatic heterocycles. The second kappa shape index (κ2) is 3.22. The number of rotatable bonds is 2. The average molecular weight is 195 g/mol. The molecule has 0 N–H and O–H groups in total. The molecule has 1 aliphatic carbocycles. The molecule has 1 saturated carbocycles. The van der Waals surface area contributed by atoms with Crippen LogP contribution in [-0.2, 0) is 9.47 Å². The summed E-state index contributed by atoms with van der Waals surface area (Å²) >= 11 is 0. The molecule has 0 unspecified atom stereocenters. The highest BCUT2D eigenvalue weighted by atomic mass is 16.7. The summed E-state index contributed by atoms with van der Waals surface area (Å²) < 4.78 is 11.3. The fourth-order valence-electron chi connectivity index (χ4n) is 2.65. The number of ether oxygens (including phenoxy) is 2. The van der Waals surface area contributed by atoms with Gasteiger partial charge in [-0.15, -0.1) is 0 Å². The number of hydrogen-bond acceptors (Lipinski definition) is 3. The van der Waals surface area contributed by atoms with E-state index in [-0.39, 0.29) is 0 Å². The predicted octanol–water partition coefficient (Wildman–Crippen LogP) is 2.08. The van der Waals surface area contributed by atoms with Gasteiger partial charge in [-0.05, 0) is 18.3 Å². The lowest BCUT2D eigenvalue weighted by atomic mass is 9.61. The third kappa shape index (κ3) is 1.53. The standard InChI is InChI=1S/C11H17NO2/c1-10(2)7-9(8-10)11(3-4-12)13-5-6-14-11/h9H,3,5-8H2,1-2H3. The van der Waals surface area contributed by atoms with Crippen LogP contribution in [0.25, 0.3) is 0 Å². The van der Waals surface area contributed by atoms with Crippen molar-refractivity contribution in [3.63, 3.8) is 0 Å². The van der Waals surface area contributed by atoms with Crippen molar-refractivity contribution in [2.75, 3.05) is 13.2 Å². The smallest absolute Gasteiger partial charge is 0.184 e. The van der Waals surface area contributed by atoms with Crippen LogP contribution in [0.15, 0.2) is 0 Å². The van der Waals surface area contributed by atoms with Crippen molar-refractivity contribution in [3.8, 4) is 6.07 Å².